The van der Waals surface area contributed by atoms with Crippen molar-refractivity contribution < 1.29 is 18.0 Å². The maximum absolute atomic E-state index is 13.2. The fourth-order valence-corrected chi connectivity index (χ4v) is 4.45. The predicted octanol–water partition coefficient (Wildman–Crippen LogP) is 5.39. The highest BCUT2D eigenvalue weighted by molar-refractivity contribution is 7.13. The molecule has 3 aromatic rings. The van der Waals surface area contributed by atoms with Crippen LogP contribution in [0.2, 0.25) is 5.02 Å². The average Bonchev–Trinajstić information content (AvgIpc) is 3.44. The number of anilines is 1. The molecule has 0 radical (unpaired) electrons. The molecule has 1 saturated carbocycles. The molecule has 0 saturated heterocycles. The topological polar surface area (TPSA) is 85.6 Å². The first kappa shape index (κ1) is 22.4. The number of carbonyl (C=O) groups is 1. The lowest BCUT2D eigenvalue weighted by Crippen LogP contribution is -2.16. The Kier molecular flexibility index (Phi) is 6.56. The third kappa shape index (κ3) is 4.99. The molecule has 0 unspecified atom stereocenters. The van der Waals surface area contributed by atoms with Crippen LogP contribution in [0.4, 0.5) is 18.3 Å². The number of nitrogens with zero attached hydrogens (tertiary/aromatic N) is 5. The summed E-state index contributed by atoms with van der Waals surface area (Å²) in [5, 5.41) is 14.5. The van der Waals surface area contributed by atoms with Crippen molar-refractivity contribution in [3.05, 3.63) is 52.3 Å². The summed E-state index contributed by atoms with van der Waals surface area (Å²) in [4.78, 5) is 17.1. The molecule has 12 heteroatoms. The molecule has 1 aliphatic carbocycles. The van der Waals surface area contributed by atoms with Crippen LogP contribution in [0.15, 0.2) is 35.9 Å². The number of amides is 1. The number of tetrazole rings is 1. The molecule has 1 aromatic carbocycles. The smallest absolute Gasteiger partial charge is 0.298 e. The minimum Gasteiger partial charge on any atom is -0.298 e. The molecule has 168 valence electrons. The molecule has 32 heavy (non-hydrogen) atoms. The van der Waals surface area contributed by atoms with E-state index in [2.05, 4.69) is 25.8 Å². The minimum absolute atomic E-state index is 0.0168. The van der Waals surface area contributed by atoms with E-state index in [4.69, 9.17) is 11.6 Å². The Morgan fingerprint density at radius 2 is 2.03 bits per heavy atom. The van der Waals surface area contributed by atoms with E-state index in [1.165, 1.54) is 29.9 Å². The number of allylic oxidation sites excluding steroid dienone is 1. The van der Waals surface area contributed by atoms with E-state index in [1.807, 2.05) is 6.08 Å². The van der Waals surface area contributed by atoms with Crippen molar-refractivity contribution in [2.24, 2.45) is 5.92 Å². The van der Waals surface area contributed by atoms with Crippen molar-refractivity contribution in [2.75, 3.05) is 5.32 Å². The summed E-state index contributed by atoms with van der Waals surface area (Å²) in [5.74, 6) is -1.41. The lowest BCUT2D eigenvalue weighted by Gasteiger charge is -2.20. The summed E-state index contributed by atoms with van der Waals surface area (Å²) in [5.41, 5.74) is 0.846. The number of aromatic nitrogens is 5. The average molecular weight is 483 g/mol. The van der Waals surface area contributed by atoms with Crippen LogP contribution in [0, 0.1) is 5.92 Å². The first-order chi connectivity index (χ1) is 15.3. The van der Waals surface area contributed by atoms with Crippen LogP contribution in [0.3, 0.4) is 0 Å². The summed E-state index contributed by atoms with van der Waals surface area (Å²) in [6.45, 7) is 0. The Hall–Kier alpha value is -2.79. The third-order valence-corrected chi connectivity index (χ3v) is 6.15. The SMILES string of the molecule is O=C(Nc1nccs1)/C(=C/C1CCCCC1)c1ccc(-n2nnnc2C(F)(F)F)c(Cl)c1. The Balaban J connectivity index is 1.70. The zero-order chi connectivity index (χ0) is 22.7. The first-order valence-electron chi connectivity index (χ1n) is 9.91. The van der Waals surface area contributed by atoms with Gasteiger partial charge in [-0.25, -0.2) is 4.98 Å². The normalized spacial score (nSPS) is 15.7. The van der Waals surface area contributed by atoms with Crippen molar-refractivity contribution in [2.45, 2.75) is 38.3 Å². The molecule has 0 atom stereocenters. The molecule has 0 bridgehead atoms. The molecule has 1 amide bonds. The second kappa shape index (κ2) is 9.37. The maximum atomic E-state index is 13.2. The monoisotopic (exact) mass is 482 g/mol. The van der Waals surface area contributed by atoms with Gasteiger partial charge in [0.05, 0.1) is 10.7 Å². The lowest BCUT2D eigenvalue weighted by molar-refractivity contribution is -0.146. The van der Waals surface area contributed by atoms with E-state index in [-0.39, 0.29) is 22.5 Å². The first-order valence-corrected chi connectivity index (χ1v) is 11.2. The molecule has 4 rings (SSSR count). The molecule has 1 fully saturated rings. The van der Waals surface area contributed by atoms with Gasteiger partial charge in [-0.3, -0.25) is 10.1 Å². The molecule has 0 aliphatic heterocycles. The maximum Gasteiger partial charge on any atom is 0.453 e. The Labute approximate surface area is 190 Å². The summed E-state index contributed by atoms with van der Waals surface area (Å²) >= 11 is 7.61. The van der Waals surface area contributed by atoms with Crippen LogP contribution >= 0.6 is 22.9 Å². The highest BCUT2D eigenvalue weighted by Crippen LogP contribution is 2.33. The fraction of sp³-hybridized carbons (Fsp3) is 0.350. The van der Waals surface area contributed by atoms with E-state index >= 15 is 0 Å². The largest absolute Gasteiger partial charge is 0.453 e. The van der Waals surface area contributed by atoms with Crippen molar-refractivity contribution in [1.82, 2.24) is 25.2 Å². The van der Waals surface area contributed by atoms with E-state index < -0.39 is 12.0 Å². The van der Waals surface area contributed by atoms with Gasteiger partial charge >= 0.3 is 6.18 Å². The van der Waals surface area contributed by atoms with Crippen LogP contribution in [-0.2, 0) is 11.0 Å². The van der Waals surface area contributed by atoms with E-state index in [1.54, 1.807) is 17.6 Å². The van der Waals surface area contributed by atoms with Crippen LogP contribution in [0.1, 0.15) is 43.5 Å². The zero-order valence-electron chi connectivity index (χ0n) is 16.6. The summed E-state index contributed by atoms with van der Waals surface area (Å²) in [6.07, 6.45) is 4.04. The highest BCUT2D eigenvalue weighted by atomic mass is 35.5. The van der Waals surface area contributed by atoms with Crippen LogP contribution < -0.4 is 5.32 Å². The van der Waals surface area contributed by atoms with E-state index in [0.29, 0.717) is 20.9 Å². The molecule has 1 aliphatic rings. The van der Waals surface area contributed by atoms with Gasteiger partial charge < -0.3 is 0 Å². The van der Waals surface area contributed by atoms with Crippen LogP contribution in [0.25, 0.3) is 11.3 Å². The Morgan fingerprint density at radius 1 is 1.25 bits per heavy atom. The van der Waals surface area contributed by atoms with Crippen molar-refractivity contribution in [3.63, 3.8) is 0 Å². The number of nitrogens with one attached hydrogen (secondary N) is 1. The van der Waals surface area contributed by atoms with Crippen LogP contribution in [-0.4, -0.2) is 31.1 Å². The Morgan fingerprint density at radius 3 is 2.69 bits per heavy atom. The van der Waals surface area contributed by atoms with Gasteiger partial charge in [-0.05, 0) is 46.9 Å². The molecule has 2 heterocycles. The van der Waals surface area contributed by atoms with Crippen molar-refractivity contribution >= 4 is 39.5 Å². The number of rotatable bonds is 5. The molecule has 0 spiro atoms. The van der Waals surface area contributed by atoms with Gasteiger partial charge in [0, 0.05) is 17.2 Å². The van der Waals surface area contributed by atoms with Crippen molar-refractivity contribution in [1.29, 1.82) is 0 Å². The number of hydrogen-bond acceptors (Lipinski definition) is 6. The number of thiazole rings is 1. The number of halogens is 4. The quantitative estimate of drug-likeness (QED) is 0.492. The molecular formula is C20H18ClF3N6OS. The number of carbonyl (C=O) groups excluding carboxylic acids is 1. The number of hydrogen-bond donors (Lipinski definition) is 1. The Bertz CT molecular complexity index is 1120. The van der Waals surface area contributed by atoms with E-state index in [0.717, 1.165) is 25.7 Å². The van der Waals surface area contributed by atoms with Gasteiger partial charge in [0.1, 0.15) is 0 Å². The van der Waals surface area contributed by atoms with Gasteiger partial charge in [-0.1, -0.05) is 43.0 Å². The van der Waals surface area contributed by atoms with Gasteiger partial charge in [-0.15, -0.1) is 16.4 Å². The van der Waals surface area contributed by atoms with Gasteiger partial charge in [0.25, 0.3) is 11.7 Å². The lowest BCUT2D eigenvalue weighted by atomic mass is 9.86. The second-order valence-corrected chi connectivity index (χ2v) is 8.65. The molecule has 2 aromatic heterocycles. The van der Waals surface area contributed by atoms with Gasteiger partial charge in [0.2, 0.25) is 0 Å². The van der Waals surface area contributed by atoms with Crippen molar-refractivity contribution in [3.8, 4) is 5.69 Å². The van der Waals surface area contributed by atoms with Crippen LogP contribution in [0.5, 0.6) is 0 Å². The standard InChI is InChI=1S/C20H18ClF3N6OS/c21-15-11-13(6-7-16(15)30-18(20(22,23)24)27-28-29-30)14(10-12-4-2-1-3-5-12)17(31)26-19-25-8-9-32-19/h6-12H,1-5H2,(H,25,26,31)/b14-10+. The third-order valence-electron chi connectivity index (χ3n) is 5.16. The second-order valence-electron chi connectivity index (χ2n) is 7.35. The summed E-state index contributed by atoms with van der Waals surface area (Å²) < 4.78 is 40.1. The van der Waals surface area contributed by atoms with Gasteiger partial charge in [0.15, 0.2) is 5.13 Å². The molecular weight excluding hydrogens is 465 g/mol. The zero-order valence-corrected chi connectivity index (χ0v) is 18.2. The van der Waals surface area contributed by atoms with Gasteiger partial charge in [-0.2, -0.15) is 17.9 Å². The predicted molar refractivity (Wildman–Crippen MR) is 114 cm³/mol. The summed E-state index contributed by atoms with van der Waals surface area (Å²) in [7, 11) is 0. The minimum atomic E-state index is -4.74. The number of benzene rings is 1. The molecule has 1 N–H and O–H groups in total. The molecule has 7 nitrogen and oxygen atoms in total. The highest BCUT2D eigenvalue weighted by Gasteiger charge is 2.38. The summed E-state index contributed by atoms with van der Waals surface area (Å²) in [6, 6.07) is 4.36. The van der Waals surface area contributed by atoms with E-state index in [9.17, 15) is 18.0 Å². The number of alkyl halides is 3. The fourth-order valence-electron chi connectivity index (χ4n) is 3.66.